The van der Waals surface area contributed by atoms with Crippen LogP contribution < -0.4 is 16.3 Å². The third-order valence-electron chi connectivity index (χ3n) is 4.75. The molecule has 2 aromatic carbocycles. The molecular weight excluding hydrogens is 328 g/mol. The first-order valence-electron chi connectivity index (χ1n) is 9.11. The zero-order valence-electron chi connectivity index (χ0n) is 15.5. The summed E-state index contributed by atoms with van der Waals surface area (Å²) in [5.74, 6) is 0. The Kier molecular flexibility index (Phi) is 7.89. The molecule has 3 heteroatoms. The van der Waals surface area contributed by atoms with Gasteiger partial charge in [-0.15, -0.1) is 0 Å². The van der Waals surface area contributed by atoms with Gasteiger partial charge in [0.25, 0.3) is 0 Å². The summed E-state index contributed by atoms with van der Waals surface area (Å²) < 4.78 is 0. The summed E-state index contributed by atoms with van der Waals surface area (Å²) in [4.78, 5) is 0. The molecule has 0 radical (unpaired) electrons. The van der Waals surface area contributed by atoms with Crippen LogP contribution in [0.2, 0.25) is 0 Å². The van der Waals surface area contributed by atoms with Crippen molar-refractivity contribution < 1.29 is 0 Å². The van der Waals surface area contributed by atoms with E-state index in [0.717, 1.165) is 0 Å². The van der Waals surface area contributed by atoms with Gasteiger partial charge >= 0.3 is 0 Å². The van der Waals surface area contributed by atoms with Gasteiger partial charge in [0.15, 0.2) is 0 Å². The van der Waals surface area contributed by atoms with Gasteiger partial charge in [-0.05, 0) is 46.4 Å². The van der Waals surface area contributed by atoms with E-state index in [1.165, 1.54) is 46.4 Å². The number of nitrogens with two attached hydrogens (primary N) is 1. The first kappa shape index (κ1) is 19.6. The SMILES string of the molecule is CCP(CC)c1ccccc1C(N)c1ccccc1P(CC)CC. The Morgan fingerprint density at radius 1 is 0.667 bits per heavy atom. The van der Waals surface area contributed by atoms with Crippen LogP contribution in [0.4, 0.5) is 0 Å². The fourth-order valence-electron chi connectivity index (χ4n) is 3.37. The van der Waals surface area contributed by atoms with Gasteiger partial charge < -0.3 is 5.73 Å². The van der Waals surface area contributed by atoms with Crippen molar-refractivity contribution in [2.45, 2.75) is 33.7 Å². The van der Waals surface area contributed by atoms with Crippen molar-refractivity contribution in [3.63, 3.8) is 0 Å². The highest BCUT2D eigenvalue weighted by atomic mass is 31.1. The number of benzene rings is 2. The molecule has 0 fully saturated rings. The monoisotopic (exact) mass is 359 g/mol. The van der Waals surface area contributed by atoms with Crippen LogP contribution in [0.15, 0.2) is 48.5 Å². The summed E-state index contributed by atoms with van der Waals surface area (Å²) in [6, 6.07) is 17.7. The van der Waals surface area contributed by atoms with Crippen molar-refractivity contribution in [2.24, 2.45) is 5.73 Å². The lowest BCUT2D eigenvalue weighted by atomic mass is 9.99. The maximum absolute atomic E-state index is 6.83. The van der Waals surface area contributed by atoms with Gasteiger partial charge in [-0.2, -0.15) is 0 Å². The van der Waals surface area contributed by atoms with E-state index in [-0.39, 0.29) is 21.9 Å². The largest absolute Gasteiger partial charge is 0.320 e. The van der Waals surface area contributed by atoms with Gasteiger partial charge in [0.1, 0.15) is 0 Å². The van der Waals surface area contributed by atoms with Crippen molar-refractivity contribution in [2.75, 3.05) is 24.6 Å². The molecule has 0 amide bonds. The summed E-state index contributed by atoms with van der Waals surface area (Å²) in [5.41, 5.74) is 9.50. The van der Waals surface area contributed by atoms with E-state index < -0.39 is 0 Å². The lowest BCUT2D eigenvalue weighted by molar-refractivity contribution is 0.884. The lowest BCUT2D eigenvalue weighted by Gasteiger charge is -2.26. The van der Waals surface area contributed by atoms with Crippen LogP contribution in [0.25, 0.3) is 0 Å². The molecule has 0 spiro atoms. The molecule has 0 saturated heterocycles. The molecule has 0 saturated carbocycles. The zero-order chi connectivity index (χ0) is 17.5. The molecule has 2 N–H and O–H groups in total. The van der Waals surface area contributed by atoms with Crippen molar-refractivity contribution in [1.29, 1.82) is 0 Å². The summed E-state index contributed by atoms with van der Waals surface area (Å²) in [6.07, 6.45) is 4.92. The zero-order valence-corrected chi connectivity index (χ0v) is 17.3. The topological polar surface area (TPSA) is 26.0 Å². The van der Waals surface area contributed by atoms with Crippen LogP contribution in [-0.2, 0) is 0 Å². The average Bonchev–Trinajstić information content (AvgIpc) is 2.64. The van der Waals surface area contributed by atoms with Gasteiger partial charge in [-0.3, -0.25) is 0 Å². The Balaban J connectivity index is 2.49. The van der Waals surface area contributed by atoms with Gasteiger partial charge in [0.05, 0.1) is 6.04 Å². The molecule has 0 aliphatic carbocycles. The highest BCUT2D eigenvalue weighted by Gasteiger charge is 2.21. The van der Waals surface area contributed by atoms with E-state index in [1.807, 2.05) is 0 Å². The van der Waals surface area contributed by atoms with Crippen LogP contribution >= 0.6 is 15.8 Å². The predicted octanol–water partition coefficient (Wildman–Crippen LogP) is 5.03. The van der Waals surface area contributed by atoms with Crippen molar-refractivity contribution in [3.05, 3.63) is 59.7 Å². The van der Waals surface area contributed by atoms with Gasteiger partial charge in [-0.1, -0.05) is 92.1 Å². The van der Waals surface area contributed by atoms with E-state index >= 15 is 0 Å². The summed E-state index contributed by atoms with van der Waals surface area (Å²) in [5, 5.41) is 2.99. The second-order valence-electron chi connectivity index (χ2n) is 5.94. The van der Waals surface area contributed by atoms with Crippen molar-refractivity contribution >= 4 is 26.5 Å². The molecule has 1 nitrogen and oxygen atoms in total. The van der Waals surface area contributed by atoms with E-state index in [0.29, 0.717) is 0 Å². The lowest BCUT2D eigenvalue weighted by Crippen LogP contribution is -2.26. The minimum absolute atomic E-state index is 0.0106. The van der Waals surface area contributed by atoms with Crippen molar-refractivity contribution in [1.82, 2.24) is 0 Å². The molecule has 0 heterocycles. The van der Waals surface area contributed by atoms with E-state index in [1.54, 1.807) is 0 Å². The first-order valence-corrected chi connectivity index (χ1v) is 12.5. The Hall–Kier alpha value is -0.740. The molecule has 0 aliphatic heterocycles. The highest BCUT2D eigenvalue weighted by Crippen LogP contribution is 2.39. The highest BCUT2D eigenvalue weighted by molar-refractivity contribution is 7.66. The van der Waals surface area contributed by atoms with Gasteiger partial charge in [0.2, 0.25) is 0 Å². The normalized spacial score (nSPS) is 11.7. The minimum atomic E-state index is -0.102. The van der Waals surface area contributed by atoms with E-state index in [2.05, 4.69) is 76.2 Å². The molecule has 24 heavy (non-hydrogen) atoms. The van der Waals surface area contributed by atoms with Gasteiger partial charge in [-0.25, -0.2) is 0 Å². The minimum Gasteiger partial charge on any atom is -0.320 e. The molecule has 0 unspecified atom stereocenters. The second-order valence-corrected chi connectivity index (χ2v) is 11.6. The molecule has 130 valence electrons. The number of hydrogen-bond donors (Lipinski definition) is 1. The maximum Gasteiger partial charge on any atom is 0.0564 e. The standard InChI is InChI=1S/C21H31NP2/c1-5-23(6-2)19-15-11-9-13-17(19)21(22)18-14-10-12-16-20(18)24(7-3)8-4/h9-16,21H,5-8,22H2,1-4H3. The Morgan fingerprint density at radius 3 is 1.33 bits per heavy atom. The van der Waals surface area contributed by atoms with Crippen LogP contribution in [0.1, 0.15) is 44.9 Å². The van der Waals surface area contributed by atoms with Crippen LogP contribution in [0.3, 0.4) is 0 Å². The van der Waals surface area contributed by atoms with Crippen LogP contribution in [0.5, 0.6) is 0 Å². The number of hydrogen-bond acceptors (Lipinski definition) is 1. The maximum atomic E-state index is 6.83. The molecule has 0 atom stereocenters. The van der Waals surface area contributed by atoms with Crippen LogP contribution in [0, 0.1) is 0 Å². The predicted molar refractivity (Wildman–Crippen MR) is 114 cm³/mol. The van der Waals surface area contributed by atoms with Gasteiger partial charge in [0, 0.05) is 0 Å². The van der Waals surface area contributed by atoms with E-state index in [9.17, 15) is 0 Å². The Labute approximate surface area is 150 Å². The quantitative estimate of drug-likeness (QED) is 0.658. The fraction of sp³-hybridized carbons (Fsp3) is 0.429. The third-order valence-corrected chi connectivity index (χ3v) is 9.98. The second kappa shape index (κ2) is 9.67. The molecule has 2 rings (SSSR count). The summed E-state index contributed by atoms with van der Waals surface area (Å²) in [7, 11) is -0.204. The van der Waals surface area contributed by atoms with Crippen LogP contribution in [-0.4, -0.2) is 24.6 Å². The summed E-state index contributed by atoms with van der Waals surface area (Å²) in [6.45, 7) is 9.22. The molecule has 0 aromatic heterocycles. The molecule has 0 bridgehead atoms. The average molecular weight is 359 g/mol. The Morgan fingerprint density at radius 2 is 1.00 bits per heavy atom. The smallest absolute Gasteiger partial charge is 0.0564 e. The molecule has 0 aliphatic rings. The Bertz CT molecular complexity index is 578. The van der Waals surface area contributed by atoms with E-state index in [4.69, 9.17) is 5.73 Å². The molecule has 2 aromatic rings. The first-order chi connectivity index (χ1) is 11.7. The summed E-state index contributed by atoms with van der Waals surface area (Å²) >= 11 is 0. The van der Waals surface area contributed by atoms with Crippen molar-refractivity contribution in [3.8, 4) is 0 Å². The number of rotatable bonds is 8. The third kappa shape index (κ3) is 4.26. The fourth-order valence-corrected chi connectivity index (χ4v) is 7.38. The molecular formula is C21H31NP2.